The molecule has 2 aliphatic rings. The molecule has 2 heterocycles. The lowest BCUT2D eigenvalue weighted by Crippen LogP contribution is -2.43. The molecule has 28 heavy (non-hydrogen) atoms. The predicted octanol–water partition coefficient (Wildman–Crippen LogP) is 4.24. The van der Waals surface area contributed by atoms with Crippen LogP contribution in [0.2, 0.25) is 0 Å². The fourth-order valence-corrected chi connectivity index (χ4v) is 4.29. The highest BCUT2D eigenvalue weighted by Gasteiger charge is 2.51. The smallest absolute Gasteiger partial charge is 0.425 e. The number of alkyl halides is 3. The van der Waals surface area contributed by atoms with Crippen LogP contribution in [0.25, 0.3) is 0 Å². The zero-order valence-electron chi connectivity index (χ0n) is 16.3. The first kappa shape index (κ1) is 20.9. The standard InChI is InChI=1S/C20H27F3N2O3/c1-3-6-19(27)9-7-18(8-10-19)11-12-25(17(18)26)15-4-5-16(24-13-15)28-14(2)20(21,22)23/h4-5,13-14,27H,3,6-12H2,1-2H3/t14-,18-,19+/m1/s1. The van der Waals surface area contributed by atoms with Gasteiger partial charge in [-0.05, 0) is 51.5 Å². The van der Waals surface area contributed by atoms with Crippen molar-refractivity contribution in [1.82, 2.24) is 4.98 Å². The first-order valence-corrected chi connectivity index (χ1v) is 9.82. The van der Waals surface area contributed by atoms with E-state index in [4.69, 9.17) is 4.74 Å². The van der Waals surface area contributed by atoms with E-state index in [1.54, 1.807) is 11.0 Å². The number of aromatic nitrogens is 1. The Kier molecular flexibility index (Phi) is 5.62. The Balaban J connectivity index is 1.65. The zero-order chi connectivity index (χ0) is 20.6. The van der Waals surface area contributed by atoms with E-state index in [9.17, 15) is 23.1 Å². The third-order valence-electron chi connectivity index (χ3n) is 6.16. The number of ether oxygens (including phenoxy) is 1. The summed E-state index contributed by atoms with van der Waals surface area (Å²) in [4.78, 5) is 18.7. The number of hydrogen-bond acceptors (Lipinski definition) is 4. The van der Waals surface area contributed by atoms with Gasteiger partial charge in [0.05, 0.1) is 22.9 Å². The van der Waals surface area contributed by atoms with E-state index in [0.717, 1.165) is 26.2 Å². The van der Waals surface area contributed by atoms with Gasteiger partial charge in [0.2, 0.25) is 11.8 Å². The van der Waals surface area contributed by atoms with Crippen LogP contribution in [0.5, 0.6) is 5.88 Å². The number of carbonyl (C=O) groups is 1. The SMILES string of the molecule is CCC[C@]1(O)CC[C@]2(CCN(c3ccc(O[C@H](C)C(F)(F)F)nc3)C2=O)CC1. The van der Waals surface area contributed by atoms with Gasteiger partial charge in [0, 0.05) is 12.6 Å². The zero-order valence-corrected chi connectivity index (χ0v) is 16.3. The lowest BCUT2D eigenvalue weighted by atomic mass is 9.67. The molecule has 0 bridgehead atoms. The summed E-state index contributed by atoms with van der Waals surface area (Å²) in [5.74, 6) is -0.109. The molecule has 1 spiro atoms. The average molecular weight is 400 g/mol. The number of amides is 1. The van der Waals surface area contributed by atoms with Crippen molar-refractivity contribution in [3.8, 4) is 5.88 Å². The van der Waals surface area contributed by atoms with E-state index in [1.165, 1.54) is 12.3 Å². The van der Waals surface area contributed by atoms with Crippen LogP contribution >= 0.6 is 0 Å². The van der Waals surface area contributed by atoms with Crippen molar-refractivity contribution in [1.29, 1.82) is 0 Å². The second kappa shape index (κ2) is 7.54. The quantitative estimate of drug-likeness (QED) is 0.803. The number of nitrogens with zero attached hydrogens (tertiary/aromatic N) is 2. The molecule has 3 rings (SSSR count). The van der Waals surface area contributed by atoms with Gasteiger partial charge >= 0.3 is 6.18 Å². The molecule has 0 radical (unpaired) electrons. The minimum Gasteiger partial charge on any atom is -0.465 e. The van der Waals surface area contributed by atoms with Crippen molar-refractivity contribution in [2.75, 3.05) is 11.4 Å². The third-order valence-corrected chi connectivity index (χ3v) is 6.16. The van der Waals surface area contributed by atoms with E-state index in [0.29, 0.717) is 37.9 Å². The van der Waals surface area contributed by atoms with Crippen molar-refractivity contribution in [3.05, 3.63) is 18.3 Å². The minimum absolute atomic E-state index is 0.0187. The second-order valence-corrected chi connectivity index (χ2v) is 8.12. The third kappa shape index (κ3) is 4.11. The highest BCUT2D eigenvalue weighted by Crippen LogP contribution is 2.49. The highest BCUT2D eigenvalue weighted by molar-refractivity contribution is 5.99. The number of hydrogen-bond donors (Lipinski definition) is 1. The summed E-state index contributed by atoms with van der Waals surface area (Å²) in [6.45, 7) is 3.51. The lowest BCUT2D eigenvalue weighted by molar-refractivity contribution is -0.189. The predicted molar refractivity (Wildman–Crippen MR) is 98.1 cm³/mol. The topological polar surface area (TPSA) is 62.7 Å². The van der Waals surface area contributed by atoms with Crippen LogP contribution in [-0.4, -0.2) is 40.4 Å². The van der Waals surface area contributed by atoms with E-state index < -0.39 is 23.3 Å². The van der Waals surface area contributed by atoms with Crippen molar-refractivity contribution in [2.24, 2.45) is 5.41 Å². The van der Waals surface area contributed by atoms with Gasteiger partial charge in [-0.2, -0.15) is 13.2 Å². The van der Waals surface area contributed by atoms with Crippen molar-refractivity contribution < 1.29 is 27.8 Å². The largest absolute Gasteiger partial charge is 0.465 e. The second-order valence-electron chi connectivity index (χ2n) is 8.12. The van der Waals surface area contributed by atoms with Gasteiger partial charge in [-0.25, -0.2) is 4.98 Å². The molecule has 1 saturated heterocycles. The Hall–Kier alpha value is -1.83. The van der Waals surface area contributed by atoms with Crippen molar-refractivity contribution in [2.45, 2.75) is 76.7 Å². The Morgan fingerprint density at radius 2 is 1.93 bits per heavy atom. The van der Waals surface area contributed by atoms with Gasteiger partial charge in [-0.15, -0.1) is 0 Å². The first-order valence-electron chi connectivity index (χ1n) is 9.82. The molecule has 1 aromatic rings. The van der Waals surface area contributed by atoms with Crippen LogP contribution in [0.4, 0.5) is 18.9 Å². The monoisotopic (exact) mass is 400 g/mol. The van der Waals surface area contributed by atoms with Gasteiger partial charge in [0.25, 0.3) is 0 Å². The molecule has 5 nitrogen and oxygen atoms in total. The number of rotatable bonds is 5. The molecule has 1 N–H and O–H groups in total. The minimum atomic E-state index is -4.46. The van der Waals surface area contributed by atoms with Crippen LogP contribution in [0.1, 0.15) is 58.8 Å². The van der Waals surface area contributed by atoms with Crippen LogP contribution in [0.15, 0.2) is 18.3 Å². The summed E-state index contributed by atoms with van der Waals surface area (Å²) in [7, 11) is 0. The van der Waals surface area contributed by atoms with E-state index in [1.807, 2.05) is 6.92 Å². The summed E-state index contributed by atoms with van der Waals surface area (Å²) in [6, 6.07) is 2.93. The molecule has 1 aliphatic carbocycles. The normalized spacial score (nSPS) is 29.4. The molecular formula is C20H27F3N2O3. The Labute approximate surface area is 162 Å². The lowest BCUT2D eigenvalue weighted by Gasteiger charge is -2.40. The Bertz CT molecular complexity index is 698. The van der Waals surface area contributed by atoms with Gasteiger partial charge in [-0.1, -0.05) is 13.3 Å². The Morgan fingerprint density at radius 3 is 2.46 bits per heavy atom. The van der Waals surface area contributed by atoms with Crippen molar-refractivity contribution >= 4 is 11.6 Å². The van der Waals surface area contributed by atoms with Gasteiger partial charge in [-0.3, -0.25) is 4.79 Å². The molecule has 0 aromatic carbocycles. The maximum atomic E-state index is 13.1. The maximum Gasteiger partial charge on any atom is 0.425 e. The molecule has 2 fully saturated rings. The molecular weight excluding hydrogens is 373 g/mol. The molecule has 1 saturated carbocycles. The van der Waals surface area contributed by atoms with Crippen LogP contribution in [-0.2, 0) is 4.79 Å². The molecule has 1 aromatic heterocycles. The first-order chi connectivity index (χ1) is 13.1. The molecule has 1 atom stereocenters. The van der Waals surface area contributed by atoms with Crippen molar-refractivity contribution in [3.63, 3.8) is 0 Å². The molecule has 156 valence electrons. The Morgan fingerprint density at radius 1 is 1.25 bits per heavy atom. The highest BCUT2D eigenvalue weighted by atomic mass is 19.4. The van der Waals surface area contributed by atoms with Gasteiger partial charge in [0.15, 0.2) is 6.10 Å². The molecule has 0 unspecified atom stereocenters. The fourth-order valence-electron chi connectivity index (χ4n) is 4.29. The van der Waals surface area contributed by atoms with Gasteiger partial charge in [0.1, 0.15) is 0 Å². The number of anilines is 1. The maximum absolute atomic E-state index is 13.1. The molecule has 1 aliphatic heterocycles. The average Bonchev–Trinajstić information content (AvgIpc) is 2.95. The number of pyridine rings is 1. The van der Waals surface area contributed by atoms with Crippen LogP contribution < -0.4 is 9.64 Å². The summed E-state index contributed by atoms with van der Waals surface area (Å²) >= 11 is 0. The fraction of sp³-hybridized carbons (Fsp3) is 0.700. The van der Waals surface area contributed by atoms with Crippen LogP contribution in [0, 0.1) is 5.41 Å². The van der Waals surface area contributed by atoms with E-state index in [-0.39, 0.29) is 11.8 Å². The number of carbonyl (C=O) groups excluding carboxylic acids is 1. The summed E-state index contributed by atoms with van der Waals surface area (Å²) in [6.07, 6.45) is -0.0679. The van der Waals surface area contributed by atoms with E-state index in [2.05, 4.69) is 4.98 Å². The summed E-state index contributed by atoms with van der Waals surface area (Å²) < 4.78 is 42.6. The van der Waals surface area contributed by atoms with Gasteiger partial charge < -0.3 is 14.7 Å². The summed E-state index contributed by atoms with van der Waals surface area (Å²) in [5, 5.41) is 10.6. The van der Waals surface area contributed by atoms with E-state index >= 15 is 0 Å². The number of halogens is 3. The van der Waals surface area contributed by atoms with Crippen LogP contribution in [0.3, 0.4) is 0 Å². The summed E-state index contributed by atoms with van der Waals surface area (Å²) in [5.41, 5.74) is -0.549. The molecule has 1 amide bonds. The molecule has 8 heteroatoms. The number of aliphatic hydroxyl groups is 1.